The summed E-state index contributed by atoms with van der Waals surface area (Å²) in [6, 6.07) is 5.92. The van der Waals surface area contributed by atoms with Crippen molar-refractivity contribution in [1.82, 2.24) is 5.32 Å². The minimum Gasteiger partial charge on any atom is -0.380 e. The molecule has 0 aliphatic carbocycles. The largest absolute Gasteiger partial charge is 0.380 e. The third-order valence-corrected chi connectivity index (χ3v) is 3.56. The first kappa shape index (κ1) is 14.2. The first-order valence-electron chi connectivity index (χ1n) is 6.75. The van der Waals surface area contributed by atoms with Crippen molar-refractivity contribution in [1.29, 1.82) is 0 Å². The van der Waals surface area contributed by atoms with Crippen LogP contribution in [0, 0.1) is 0 Å². The van der Waals surface area contributed by atoms with E-state index >= 15 is 0 Å². The Hall–Kier alpha value is -1.26. The van der Waals surface area contributed by atoms with Crippen molar-refractivity contribution >= 4 is 28.9 Å². The highest BCUT2D eigenvalue weighted by atomic mass is 35.5. The van der Waals surface area contributed by atoms with Gasteiger partial charge in [0.25, 0.3) is 0 Å². The first-order chi connectivity index (χ1) is 9.19. The molecule has 1 fully saturated rings. The van der Waals surface area contributed by atoms with E-state index in [9.17, 15) is 4.79 Å². The summed E-state index contributed by atoms with van der Waals surface area (Å²) in [4.78, 5) is 11.4. The van der Waals surface area contributed by atoms with Crippen LogP contribution in [0.5, 0.6) is 0 Å². The molecule has 104 valence electrons. The molecule has 2 rings (SSSR count). The minimum atomic E-state index is 0.00704. The zero-order valence-corrected chi connectivity index (χ0v) is 11.9. The number of amides is 1. The SMILES string of the molecule is CCC(=O)Nc1ccc(Cl)c(NC2CCCNC2)c1. The normalized spacial score (nSPS) is 18.9. The zero-order chi connectivity index (χ0) is 13.7. The summed E-state index contributed by atoms with van der Waals surface area (Å²) >= 11 is 6.19. The van der Waals surface area contributed by atoms with Crippen LogP contribution in [0.15, 0.2) is 18.2 Å². The summed E-state index contributed by atoms with van der Waals surface area (Å²) in [5.41, 5.74) is 1.66. The Kier molecular flexibility index (Phi) is 5.05. The number of benzene rings is 1. The van der Waals surface area contributed by atoms with E-state index in [2.05, 4.69) is 16.0 Å². The number of anilines is 2. The maximum Gasteiger partial charge on any atom is 0.224 e. The number of nitrogens with one attached hydrogen (secondary N) is 3. The zero-order valence-electron chi connectivity index (χ0n) is 11.1. The van der Waals surface area contributed by atoms with Gasteiger partial charge in [0.15, 0.2) is 0 Å². The molecule has 1 unspecified atom stereocenters. The molecule has 0 aromatic heterocycles. The smallest absolute Gasteiger partial charge is 0.224 e. The van der Waals surface area contributed by atoms with Crippen LogP contribution < -0.4 is 16.0 Å². The molecule has 1 aromatic carbocycles. The fourth-order valence-electron chi connectivity index (χ4n) is 2.16. The first-order valence-corrected chi connectivity index (χ1v) is 7.13. The lowest BCUT2D eigenvalue weighted by Gasteiger charge is -2.25. The van der Waals surface area contributed by atoms with Crippen LogP contribution in [-0.2, 0) is 4.79 Å². The molecule has 0 saturated carbocycles. The molecule has 1 aromatic rings. The van der Waals surface area contributed by atoms with E-state index in [1.807, 2.05) is 25.1 Å². The van der Waals surface area contributed by atoms with Crippen molar-refractivity contribution in [2.45, 2.75) is 32.2 Å². The molecule has 0 radical (unpaired) electrons. The van der Waals surface area contributed by atoms with Gasteiger partial charge in [-0.15, -0.1) is 0 Å². The van der Waals surface area contributed by atoms with E-state index < -0.39 is 0 Å². The van der Waals surface area contributed by atoms with Gasteiger partial charge in [-0.3, -0.25) is 4.79 Å². The molecule has 1 amide bonds. The maximum absolute atomic E-state index is 11.4. The van der Waals surface area contributed by atoms with Gasteiger partial charge in [-0.25, -0.2) is 0 Å². The molecule has 1 heterocycles. The van der Waals surface area contributed by atoms with Gasteiger partial charge >= 0.3 is 0 Å². The Balaban J connectivity index is 2.05. The lowest BCUT2D eigenvalue weighted by atomic mass is 10.1. The van der Waals surface area contributed by atoms with Crippen molar-refractivity contribution in [2.75, 3.05) is 23.7 Å². The standard InChI is InChI=1S/C14H20ClN3O/c1-2-14(19)18-10-5-6-12(15)13(8-10)17-11-4-3-7-16-9-11/h5-6,8,11,16-17H,2-4,7,9H2,1H3,(H,18,19). The van der Waals surface area contributed by atoms with E-state index in [0.29, 0.717) is 17.5 Å². The van der Waals surface area contributed by atoms with Gasteiger partial charge in [0.05, 0.1) is 10.7 Å². The van der Waals surface area contributed by atoms with E-state index in [-0.39, 0.29) is 5.91 Å². The summed E-state index contributed by atoms with van der Waals surface area (Å²) < 4.78 is 0. The van der Waals surface area contributed by atoms with Crippen molar-refractivity contribution in [2.24, 2.45) is 0 Å². The molecule has 4 nitrogen and oxygen atoms in total. The predicted molar refractivity (Wildman–Crippen MR) is 79.9 cm³/mol. The van der Waals surface area contributed by atoms with Gasteiger partial charge in [-0.05, 0) is 37.6 Å². The van der Waals surface area contributed by atoms with Gasteiger partial charge in [-0.2, -0.15) is 0 Å². The molecule has 0 bridgehead atoms. The van der Waals surface area contributed by atoms with Gasteiger partial charge in [-0.1, -0.05) is 18.5 Å². The molecule has 1 atom stereocenters. The van der Waals surface area contributed by atoms with Gasteiger partial charge < -0.3 is 16.0 Å². The summed E-state index contributed by atoms with van der Waals surface area (Å²) in [5.74, 6) is 0.00704. The monoisotopic (exact) mass is 281 g/mol. The highest BCUT2D eigenvalue weighted by Gasteiger charge is 2.14. The van der Waals surface area contributed by atoms with Crippen LogP contribution in [0.25, 0.3) is 0 Å². The topological polar surface area (TPSA) is 53.2 Å². The van der Waals surface area contributed by atoms with Gasteiger partial charge in [0, 0.05) is 24.7 Å². The van der Waals surface area contributed by atoms with Gasteiger partial charge in [0.1, 0.15) is 0 Å². The van der Waals surface area contributed by atoms with Crippen LogP contribution in [0.3, 0.4) is 0 Å². The van der Waals surface area contributed by atoms with Crippen molar-refractivity contribution in [3.05, 3.63) is 23.2 Å². The summed E-state index contributed by atoms with van der Waals surface area (Å²) in [5, 5.41) is 10.3. The Bertz CT molecular complexity index is 444. The number of piperidine rings is 1. The molecular weight excluding hydrogens is 262 g/mol. The third kappa shape index (κ3) is 4.11. The Morgan fingerprint density at radius 1 is 1.53 bits per heavy atom. The van der Waals surface area contributed by atoms with E-state index in [4.69, 9.17) is 11.6 Å². The molecular formula is C14H20ClN3O. The fraction of sp³-hybridized carbons (Fsp3) is 0.500. The molecule has 1 saturated heterocycles. The van der Waals surface area contributed by atoms with Crippen LogP contribution in [0.2, 0.25) is 5.02 Å². The van der Waals surface area contributed by atoms with E-state index in [1.54, 1.807) is 0 Å². The van der Waals surface area contributed by atoms with Gasteiger partial charge in [0.2, 0.25) is 5.91 Å². The lowest BCUT2D eigenvalue weighted by Crippen LogP contribution is -2.38. The second kappa shape index (κ2) is 6.78. The van der Waals surface area contributed by atoms with Crippen LogP contribution in [-0.4, -0.2) is 25.0 Å². The number of hydrogen-bond acceptors (Lipinski definition) is 3. The number of carbonyl (C=O) groups excluding carboxylic acids is 1. The minimum absolute atomic E-state index is 0.00704. The summed E-state index contributed by atoms with van der Waals surface area (Å²) in [7, 11) is 0. The Morgan fingerprint density at radius 3 is 3.05 bits per heavy atom. The summed E-state index contributed by atoms with van der Waals surface area (Å²) in [6.45, 7) is 3.86. The Morgan fingerprint density at radius 2 is 2.37 bits per heavy atom. The second-order valence-corrected chi connectivity index (χ2v) is 5.19. The highest BCUT2D eigenvalue weighted by molar-refractivity contribution is 6.33. The van der Waals surface area contributed by atoms with E-state index in [1.165, 1.54) is 6.42 Å². The van der Waals surface area contributed by atoms with Crippen LogP contribution in [0.1, 0.15) is 26.2 Å². The third-order valence-electron chi connectivity index (χ3n) is 3.23. The molecule has 5 heteroatoms. The molecule has 3 N–H and O–H groups in total. The predicted octanol–water partition coefficient (Wildman–Crippen LogP) is 2.85. The van der Waals surface area contributed by atoms with Crippen molar-refractivity contribution < 1.29 is 4.79 Å². The lowest BCUT2D eigenvalue weighted by molar-refractivity contribution is -0.115. The van der Waals surface area contributed by atoms with E-state index in [0.717, 1.165) is 30.9 Å². The second-order valence-electron chi connectivity index (χ2n) is 4.78. The number of carbonyl (C=O) groups is 1. The number of hydrogen-bond donors (Lipinski definition) is 3. The fourth-order valence-corrected chi connectivity index (χ4v) is 2.33. The quantitative estimate of drug-likeness (QED) is 0.795. The number of rotatable bonds is 4. The molecule has 0 spiro atoms. The van der Waals surface area contributed by atoms with Crippen LogP contribution in [0.4, 0.5) is 11.4 Å². The maximum atomic E-state index is 11.4. The molecule has 1 aliphatic rings. The summed E-state index contributed by atoms with van der Waals surface area (Å²) in [6.07, 6.45) is 2.77. The average molecular weight is 282 g/mol. The molecule has 1 aliphatic heterocycles. The highest BCUT2D eigenvalue weighted by Crippen LogP contribution is 2.27. The Labute approximate surface area is 118 Å². The average Bonchev–Trinajstić information content (AvgIpc) is 2.43. The van der Waals surface area contributed by atoms with Crippen LogP contribution >= 0.6 is 11.6 Å². The number of halogens is 1. The van der Waals surface area contributed by atoms with Crippen molar-refractivity contribution in [3.8, 4) is 0 Å². The van der Waals surface area contributed by atoms with Crippen molar-refractivity contribution in [3.63, 3.8) is 0 Å². The molecule has 19 heavy (non-hydrogen) atoms.